The lowest BCUT2D eigenvalue weighted by Crippen LogP contribution is -2.40. The van der Waals surface area contributed by atoms with Crippen LogP contribution in [-0.2, 0) is 12.8 Å². The average Bonchev–Trinajstić information content (AvgIpc) is 2.39. The minimum atomic E-state index is 0.353. The van der Waals surface area contributed by atoms with E-state index in [1.165, 1.54) is 0 Å². The summed E-state index contributed by atoms with van der Waals surface area (Å²) in [6.45, 7) is 6.24. The van der Waals surface area contributed by atoms with Crippen LogP contribution >= 0.6 is 0 Å². The van der Waals surface area contributed by atoms with Gasteiger partial charge in [-0.15, -0.1) is 0 Å². The van der Waals surface area contributed by atoms with Crippen LogP contribution in [0, 0.1) is 0 Å². The standard InChI is InChI=1S/C13H22N4/c1-3-11-9-12(4-2)16-13(15-11)17-7-5-10(14)6-8-17/h9-10H,3-8,14H2,1-2H3. The van der Waals surface area contributed by atoms with Crippen molar-refractivity contribution in [2.45, 2.75) is 45.6 Å². The molecule has 94 valence electrons. The van der Waals surface area contributed by atoms with Crippen LogP contribution in [0.4, 0.5) is 5.95 Å². The van der Waals surface area contributed by atoms with Crippen LogP contribution < -0.4 is 10.6 Å². The molecule has 0 saturated carbocycles. The molecular formula is C13H22N4. The molecule has 17 heavy (non-hydrogen) atoms. The molecular weight excluding hydrogens is 212 g/mol. The highest BCUT2D eigenvalue weighted by Gasteiger charge is 2.18. The maximum Gasteiger partial charge on any atom is 0.225 e. The van der Waals surface area contributed by atoms with Gasteiger partial charge in [0, 0.05) is 30.5 Å². The zero-order valence-corrected chi connectivity index (χ0v) is 10.8. The van der Waals surface area contributed by atoms with Crippen LogP contribution in [0.1, 0.15) is 38.1 Å². The molecule has 1 aromatic rings. The molecule has 0 radical (unpaired) electrons. The number of aromatic nitrogens is 2. The Bertz CT molecular complexity index is 347. The largest absolute Gasteiger partial charge is 0.341 e. The fourth-order valence-corrected chi connectivity index (χ4v) is 2.14. The van der Waals surface area contributed by atoms with Crippen LogP contribution in [0.3, 0.4) is 0 Å². The van der Waals surface area contributed by atoms with Crippen LogP contribution in [0.25, 0.3) is 0 Å². The van der Waals surface area contributed by atoms with Gasteiger partial charge in [-0.25, -0.2) is 9.97 Å². The Kier molecular flexibility index (Phi) is 3.94. The third-order valence-corrected chi connectivity index (χ3v) is 3.37. The summed E-state index contributed by atoms with van der Waals surface area (Å²) in [5.41, 5.74) is 8.20. The van der Waals surface area contributed by atoms with Crippen LogP contribution in [0.5, 0.6) is 0 Å². The Balaban J connectivity index is 2.19. The topological polar surface area (TPSA) is 55.0 Å². The zero-order chi connectivity index (χ0) is 12.3. The number of anilines is 1. The van der Waals surface area contributed by atoms with E-state index in [1.807, 2.05) is 0 Å². The predicted octanol–water partition coefficient (Wildman–Crippen LogP) is 1.53. The van der Waals surface area contributed by atoms with Crippen molar-refractivity contribution in [3.05, 3.63) is 17.5 Å². The van der Waals surface area contributed by atoms with Crippen molar-refractivity contribution < 1.29 is 0 Å². The second-order valence-corrected chi connectivity index (χ2v) is 4.68. The summed E-state index contributed by atoms with van der Waals surface area (Å²) in [5.74, 6) is 0.896. The van der Waals surface area contributed by atoms with Gasteiger partial charge in [-0.1, -0.05) is 13.8 Å². The fourth-order valence-electron chi connectivity index (χ4n) is 2.14. The highest BCUT2D eigenvalue weighted by molar-refractivity contribution is 5.33. The smallest absolute Gasteiger partial charge is 0.225 e. The molecule has 0 aliphatic carbocycles. The molecule has 1 aliphatic heterocycles. The first-order chi connectivity index (χ1) is 8.22. The molecule has 4 nitrogen and oxygen atoms in total. The Hall–Kier alpha value is -1.16. The average molecular weight is 234 g/mol. The lowest BCUT2D eigenvalue weighted by Gasteiger charge is -2.30. The van der Waals surface area contributed by atoms with Crippen molar-refractivity contribution in [1.29, 1.82) is 0 Å². The molecule has 2 N–H and O–H groups in total. The van der Waals surface area contributed by atoms with E-state index >= 15 is 0 Å². The van der Waals surface area contributed by atoms with E-state index in [0.717, 1.165) is 56.1 Å². The minimum absolute atomic E-state index is 0.353. The van der Waals surface area contributed by atoms with E-state index < -0.39 is 0 Å². The molecule has 2 heterocycles. The number of piperidine rings is 1. The summed E-state index contributed by atoms with van der Waals surface area (Å²) < 4.78 is 0. The predicted molar refractivity (Wildman–Crippen MR) is 70.2 cm³/mol. The molecule has 0 spiro atoms. The zero-order valence-electron chi connectivity index (χ0n) is 10.8. The summed E-state index contributed by atoms with van der Waals surface area (Å²) in [4.78, 5) is 11.5. The van der Waals surface area contributed by atoms with E-state index in [1.54, 1.807) is 0 Å². The van der Waals surface area contributed by atoms with Crippen LogP contribution in [0.15, 0.2) is 6.07 Å². The summed E-state index contributed by atoms with van der Waals surface area (Å²) in [7, 11) is 0. The lowest BCUT2D eigenvalue weighted by molar-refractivity contribution is 0.494. The van der Waals surface area contributed by atoms with Crippen molar-refractivity contribution in [3.8, 4) is 0 Å². The summed E-state index contributed by atoms with van der Waals surface area (Å²) in [6.07, 6.45) is 4.02. The molecule has 1 saturated heterocycles. The number of hydrogen-bond acceptors (Lipinski definition) is 4. The van der Waals surface area contributed by atoms with Crippen molar-refractivity contribution >= 4 is 5.95 Å². The molecule has 1 aliphatic rings. The second-order valence-electron chi connectivity index (χ2n) is 4.68. The molecule has 0 atom stereocenters. The molecule has 4 heteroatoms. The molecule has 0 unspecified atom stereocenters. The number of nitrogens with zero attached hydrogens (tertiary/aromatic N) is 3. The lowest BCUT2D eigenvalue weighted by atomic mass is 10.1. The van der Waals surface area contributed by atoms with E-state index in [4.69, 9.17) is 5.73 Å². The minimum Gasteiger partial charge on any atom is -0.341 e. The fraction of sp³-hybridized carbons (Fsp3) is 0.692. The van der Waals surface area contributed by atoms with Crippen molar-refractivity contribution in [3.63, 3.8) is 0 Å². The maximum absolute atomic E-state index is 5.92. The van der Waals surface area contributed by atoms with Gasteiger partial charge >= 0.3 is 0 Å². The quantitative estimate of drug-likeness (QED) is 0.861. The maximum atomic E-state index is 5.92. The van der Waals surface area contributed by atoms with Gasteiger partial charge in [0.05, 0.1) is 0 Å². The Morgan fingerprint density at radius 2 is 1.71 bits per heavy atom. The van der Waals surface area contributed by atoms with Gasteiger partial charge in [0.15, 0.2) is 0 Å². The molecule has 2 rings (SSSR count). The third-order valence-electron chi connectivity index (χ3n) is 3.37. The molecule has 0 bridgehead atoms. The Morgan fingerprint density at radius 1 is 1.18 bits per heavy atom. The van der Waals surface area contributed by atoms with Gasteiger partial charge in [-0.05, 0) is 31.7 Å². The van der Waals surface area contributed by atoms with E-state index in [9.17, 15) is 0 Å². The number of hydrogen-bond donors (Lipinski definition) is 1. The van der Waals surface area contributed by atoms with Crippen LogP contribution in [0.2, 0.25) is 0 Å². The Labute approximate surface area is 103 Å². The van der Waals surface area contributed by atoms with Crippen molar-refractivity contribution in [2.75, 3.05) is 18.0 Å². The van der Waals surface area contributed by atoms with Gasteiger partial charge in [0.2, 0.25) is 5.95 Å². The third kappa shape index (κ3) is 2.94. The van der Waals surface area contributed by atoms with Gasteiger partial charge in [-0.2, -0.15) is 0 Å². The number of aryl methyl sites for hydroxylation is 2. The van der Waals surface area contributed by atoms with Gasteiger partial charge in [0.25, 0.3) is 0 Å². The van der Waals surface area contributed by atoms with E-state index in [0.29, 0.717) is 6.04 Å². The summed E-state index contributed by atoms with van der Waals surface area (Å²) >= 11 is 0. The molecule has 1 fully saturated rings. The second kappa shape index (κ2) is 5.45. The molecule has 0 aromatic carbocycles. The van der Waals surface area contributed by atoms with E-state index in [2.05, 4.69) is 34.8 Å². The highest BCUT2D eigenvalue weighted by atomic mass is 15.3. The number of nitrogens with two attached hydrogens (primary N) is 1. The Morgan fingerprint density at radius 3 is 2.18 bits per heavy atom. The van der Waals surface area contributed by atoms with Gasteiger partial charge < -0.3 is 10.6 Å². The van der Waals surface area contributed by atoms with E-state index in [-0.39, 0.29) is 0 Å². The highest BCUT2D eigenvalue weighted by Crippen LogP contribution is 2.17. The van der Waals surface area contributed by atoms with Crippen LogP contribution in [-0.4, -0.2) is 29.1 Å². The SMILES string of the molecule is CCc1cc(CC)nc(N2CCC(N)CC2)n1. The first kappa shape index (κ1) is 12.3. The number of rotatable bonds is 3. The normalized spacial score (nSPS) is 17.5. The van der Waals surface area contributed by atoms with Crippen molar-refractivity contribution in [2.24, 2.45) is 5.73 Å². The first-order valence-electron chi connectivity index (χ1n) is 6.60. The molecule has 1 aromatic heterocycles. The molecule has 0 amide bonds. The summed E-state index contributed by atoms with van der Waals surface area (Å²) in [6, 6.07) is 2.46. The first-order valence-corrected chi connectivity index (χ1v) is 6.60. The van der Waals surface area contributed by atoms with Gasteiger partial charge in [0.1, 0.15) is 0 Å². The monoisotopic (exact) mass is 234 g/mol. The summed E-state index contributed by atoms with van der Waals surface area (Å²) in [5, 5.41) is 0. The van der Waals surface area contributed by atoms with Crippen molar-refractivity contribution in [1.82, 2.24) is 9.97 Å². The van der Waals surface area contributed by atoms with Gasteiger partial charge in [-0.3, -0.25) is 0 Å².